The number of carbonyl (C=O) groups is 3. The maximum absolute atomic E-state index is 12.7. The lowest BCUT2D eigenvalue weighted by atomic mass is 9.95. The van der Waals surface area contributed by atoms with Crippen molar-refractivity contribution in [2.24, 2.45) is 11.8 Å². The summed E-state index contributed by atoms with van der Waals surface area (Å²) >= 11 is 0. The Balaban J connectivity index is 0. The summed E-state index contributed by atoms with van der Waals surface area (Å²) in [6.45, 7) is 18.0. The number of ether oxygens (including phenoxy) is 3. The van der Waals surface area contributed by atoms with E-state index >= 15 is 0 Å². The molecule has 2 unspecified atom stereocenters. The van der Waals surface area contributed by atoms with Crippen molar-refractivity contribution in [3.63, 3.8) is 0 Å². The molecule has 0 aliphatic carbocycles. The second-order valence-corrected chi connectivity index (χ2v) is 17.3. The minimum atomic E-state index is -0.147. The van der Waals surface area contributed by atoms with E-state index in [2.05, 4.69) is 32.6 Å². The van der Waals surface area contributed by atoms with Gasteiger partial charge in [0.05, 0.1) is 38.2 Å². The van der Waals surface area contributed by atoms with E-state index < -0.39 is 0 Å². The van der Waals surface area contributed by atoms with Crippen LogP contribution in [0.4, 0.5) is 0 Å². The Morgan fingerprint density at radius 3 is 1.10 bits per heavy atom. The van der Waals surface area contributed by atoms with Gasteiger partial charge in [0, 0.05) is 6.54 Å². The Bertz CT molecular complexity index is 844. The predicted octanol–water partition coefficient (Wildman–Crippen LogP) is 13.9. The fourth-order valence-corrected chi connectivity index (χ4v) is 7.63. The Kier molecular flexibility index (Phi) is 47.7. The third-order valence-electron chi connectivity index (χ3n) is 11.3. The van der Waals surface area contributed by atoms with E-state index in [0.717, 1.165) is 116 Å². The number of rotatable bonds is 44. The molecule has 0 radical (unpaired) electrons. The van der Waals surface area contributed by atoms with E-state index in [0.29, 0.717) is 26.4 Å². The lowest BCUT2D eigenvalue weighted by Gasteiger charge is -2.22. The molecular formula is C51H102N2O6. The standard InChI is InChI=1S/C49H96N2O6.C2H6/c1-7-11-15-27-36-45(34-13-9-3)48(53)56-41-31-25-21-17-19-23-29-38-51(40-33-43-55-47(52)44-50(5)6)39-30-24-20-18-22-26-32-42-57-49(54)46(35-14-10-4)37-28-16-12-8-2;1-2/h45-46H,7-44H2,1-6H3;1-2H3. The van der Waals surface area contributed by atoms with Gasteiger partial charge in [0.25, 0.3) is 0 Å². The molecule has 0 spiro atoms. The molecule has 0 saturated heterocycles. The summed E-state index contributed by atoms with van der Waals surface area (Å²) in [5.41, 5.74) is 0. The second kappa shape index (κ2) is 47.4. The zero-order valence-corrected chi connectivity index (χ0v) is 40.9. The van der Waals surface area contributed by atoms with E-state index in [-0.39, 0.29) is 29.7 Å². The first kappa shape index (κ1) is 59.4. The van der Waals surface area contributed by atoms with Crippen molar-refractivity contribution in [3.05, 3.63) is 0 Å². The van der Waals surface area contributed by atoms with Crippen molar-refractivity contribution < 1.29 is 28.6 Å². The van der Waals surface area contributed by atoms with Crippen LogP contribution in [0.2, 0.25) is 0 Å². The van der Waals surface area contributed by atoms with E-state index in [4.69, 9.17) is 14.2 Å². The molecule has 8 heteroatoms. The fraction of sp³-hybridized carbons (Fsp3) is 0.941. The quantitative estimate of drug-likeness (QED) is 0.0341. The molecule has 0 aromatic heterocycles. The van der Waals surface area contributed by atoms with Gasteiger partial charge >= 0.3 is 17.9 Å². The molecule has 59 heavy (non-hydrogen) atoms. The van der Waals surface area contributed by atoms with Gasteiger partial charge in [-0.2, -0.15) is 0 Å². The van der Waals surface area contributed by atoms with E-state index in [1.54, 1.807) is 0 Å². The zero-order valence-electron chi connectivity index (χ0n) is 40.9. The van der Waals surface area contributed by atoms with Crippen LogP contribution in [0.5, 0.6) is 0 Å². The molecule has 352 valence electrons. The highest BCUT2D eigenvalue weighted by Crippen LogP contribution is 2.21. The summed E-state index contributed by atoms with van der Waals surface area (Å²) in [5, 5.41) is 0. The Labute approximate surface area is 367 Å². The number of nitrogens with zero attached hydrogens (tertiary/aromatic N) is 2. The predicted molar refractivity (Wildman–Crippen MR) is 252 cm³/mol. The molecule has 0 amide bonds. The van der Waals surface area contributed by atoms with Crippen LogP contribution in [0.1, 0.15) is 241 Å². The molecule has 0 aromatic rings. The molecule has 0 bridgehead atoms. The second-order valence-electron chi connectivity index (χ2n) is 17.3. The van der Waals surface area contributed by atoms with E-state index in [1.165, 1.54) is 103 Å². The van der Waals surface area contributed by atoms with Gasteiger partial charge in [0.1, 0.15) is 0 Å². The lowest BCUT2D eigenvalue weighted by Crippen LogP contribution is -2.29. The van der Waals surface area contributed by atoms with Crippen LogP contribution < -0.4 is 0 Å². The first-order valence-electron chi connectivity index (χ1n) is 25.6. The van der Waals surface area contributed by atoms with Gasteiger partial charge in [0.2, 0.25) is 0 Å². The van der Waals surface area contributed by atoms with Crippen molar-refractivity contribution >= 4 is 17.9 Å². The number of unbranched alkanes of at least 4 members (excludes halogenated alkanes) is 20. The third-order valence-corrected chi connectivity index (χ3v) is 11.3. The average Bonchev–Trinajstić information content (AvgIpc) is 3.23. The largest absolute Gasteiger partial charge is 0.465 e. The van der Waals surface area contributed by atoms with Gasteiger partial charge in [-0.25, -0.2) is 0 Å². The molecule has 0 fully saturated rings. The number of carbonyl (C=O) groups excluding carboxylic acids is 3. The van der Waals surface area contributed by atoms with Gasteiger partial charge in [-0.15, -0.1) is 0 Å². The van der Waals surface area contributed by atoms with Crippen molar-refractivity contribution in [1.82, 2.24) is 9.80 Å². The van der Waals surface area contributed by atoms with Crippen molar-refractivity contribution in [3.8, 4) is 0 Å². The minimum Gasteiger partial charge on any atom is -0.465 e. The number of likely N-dealkylation sites (N-methyl/N-ethyl adjacent to an activating group) is 1. The van der Waals surface area contributed by atoms with E-state index in [1.807, 2.05) is 32.8 Å². The third kappa shape index (κ3) is 41.5. The molecule has 0 rings (SSSR count). The summed E-state index contributed by atoms with van der Waals surface area (Å²) in [6.07, 6.45) is 35.5. The van der Waals surface area contributed by atoms with Crippen LogP contribution in [-0.2, 0) is 28.6 Å². The Morgan fingerprint density at radius 2 is 0.712 bits per heavy atom. The lowest BCUT2D eigenvalue weighted by molar-refractivity contribution is -0.150. The van der Waals surface area contributed by atoms with Crippen LogP contribution in [0.3, 0.4) is 0 Å². The number of hydrogen-bond acceptors (Lipinski definition) is 8. The molecule has 0 heterocycles. The first-order valence-corrected chi connectivity index (χ1v) is 25.6. The van der Waals surface area contributed by atoms with E-state index in [9.17, 15) is 14.4 Å². The fourth-order valence-electron chi connectivity index (χ4n) is 7.63. The summed E-state index contributed by atoms with van der Waals surface area (Å²) < 4.78 is 16.9. The molecule has 0 aliphatic heterocycles. The van der Waals surface area contributed by atoms with Crippen LogP contribution in [0.25, 0.3) is 0 Å². The molecule has 0 N–H and O–H groups in total. The maximum Gasteiger partial charge on any atom is 0.320 e. The molecule has 0 aromatic carbocycles. The SMILES string of the molecule is CC.CCCCCCC(CCCC)C(=O)OCCCCCCCCCN(CCCCCCCCCOC(=O)C(CCCC)CCCCCC)CCCOC(=O)CN(C)C. The normalized spacial score (nSPS) is 12.3. The molecule has 8 nitrogen and oxygen atoms in total. The Morgan fingerprint density at radius 1 is 0.390 bits per heavy atom. The highest BCUT2D eigenvalue weighted by Gasteiger charge is 2.20. The van der Waals surface area contributed by atoms with Gasteiger partial charge in [-0.3, -0.25) is 19.3 Å². The van der Waals surface area contributed by atoms with Crippen molar-refractivity contribution in [1.29, 1.82) is 0 Å². The zero-order chi connectivity index (χ0) is 44.0. The summed E-state index contributed by atoms with van der Waals surface area (Å²) in [6, 6.07) is 0. The summed E-state index contributed by atoms with van der Waals surface area (Å²) in [5.74, 6) is 0.130. The smallest absolute Gasteiger partial charge is 0.320 e. The maximum atomic E-state index is 12.7. The van der Waals surface area contributed by atoms with Gasteiger partial charge in [-0.05, 0) is 85.0 Å². The monoisotopic (exact) mass is 839 g/mol. The van der Waals surface area contributed by atoms with Gasteiger partial charge in [-0.1, -0.05) is 183 Å². The van der Waals surface area contributed by atoms with Crippen LogP contribution in [0, 0.1) is 11.8 Å². The average molecular weight is 839 g/mol. The first-order chi connectivity index (χ1) is 28.8. The highest BCUT2D eigenvalue weighted by molar-refractivity contribution is 5.72. The molecular weight excluding hydrogens is 737 g/mol. The highest BCUT2D eigenvalue weighted by atomic mass is 16.5. The summed E-state index contributed by atoms with van der Waals surface area (Å²) in [4.78, 5) is 41.8. The van der Waals surface area contributed by atoms with Gasteiger partial charge < -0.3 is 19.1 Å². The number of hydrogen-bond donors (Lipinski definition) is 0. The molecule has 0 saturated carbocycles. The minimum absolute atomic E-state index is 0.0432. The van der Waals surface area contributed by atoms with Crippen molar-refractivity contribution in [2.45, 2.75) is 241 Å². The van der Waals surface area contributed by atoms with Crippen LogP contribution in [-0.4, -0.2) is 87.8 Å². The summed E-state index contributed by atoms with van der Waals surface area (Å²) in [7, 11) is 3.78. The molecule has 2 atom stereocenters. The van der Waals surface area contributed by atoms with Crippen LogP contribution in [0.15, 0.2) is 0 Å². The van der Waals surface area contributed by atoms with Gasteiger partial charge in [0.15, 0.2) is 0 Å². The molecule has 0 aliphatic rings. The Hall–Kier alpha value is -1.67. The van der Waals surface area contributed by atoms with Crippen LogP contribution >= 0.6 is 0 Å². The van der Waals surface area contributed by atoms with Crippen molar-refractivity contribution in [2.75, 3.05) is 60.1 Å². The number of esters is 3. The topological polar surface area (TPSA) is 85.4 Å².